The van der Waals surface area contributed by atoms with Crippen molar-refractivity contribution in [3.05, 3.63) is 0 Å². The van der Waals surface area contributed by atoms with Crippen molar-refractivity contribution in [2.75, 3.05) is 6.61 Å². The molecule has 1 rings (SSSR count). The number of carbonyl (C=O) groups excluding carboxylic acids is 1. The Hall–Kier alpha value is -0.810. The number of hydrogen-bond donors (Lipinski definition) is 0. The minimum atomic E-state index is -4.01. The Kier molecular flexibility index (Phi) is 6.27. The lowest BCUT2D eigenvalue weighted by Gasteiger charge is -2.23. The van der Waals surface area contributed by atoms with Crippen LogP contribution in [0, 0.1) is 5.92 Å². The molecule has 0 amide bonds. The zero-order valence-corrected chi connectivity index (χ0v) is 11.8. The highest BCUT2D eigenvalue weighted by Gasteiger charge is 2.51. The normalized spacial score (nSPS) is 18.1. The molecule has 20 heavy (non-hydrogen) atoms. The van der Waals surface area contributed by atoms with Crippen LogP contribution in [0.25, 0.3) is 0 Å². The first-order chi connectivity index (χ1) is 9.24. The average Bonchev–Trinajstić information content (AvgIpc) is 2.37. The van der Waals surface area contributed by atoms with Crippen molar-refractivity contribution in [1.29, 1.82) is 0 Å². The fourth-order valence-corrected chi connectivity index (χ4v) is 2.30. The zero-order valence-electron chi connectivity index (χ0n) is 11.8. The van der Waals surface area contributed by atoms with E-state index in [1.54, 1.807) is 0 Å². The molecule has 118 valence electrons. The third kappa shape index (κ3) is 5.29. The molecule has 0 bridgehead atoms. The molecule has 2 nitrogen and oxygen atoms in total. The van der Waals surface area contributed by atoms with E-state index in [-0.39, 0.29) is 38.3 Å². The van der Waals surface area contributed by atoms with E-state index in [2.05, 4.69) is 0 Å². The van der Waals surface area contributed by atoms with Crippen LogP contribution in [0.4, 0.5) is 17.6 Å². The first-order valence-electron chi connectivity index (χ1n) is 7.16. The van der Waals surface area contributed by atoms with Crippen molar-refractivity contribution in [1.82, 2.24) is 0 Å². The quantitative estimate of drug-likeness (QED) is 0.391. The Morgan fingerprint density at radius 3 is 2.25 bits per heavy atom. The summed E-state index contributed by atoms with van der Waals surface area (Å²) >= 11 is 0. The van der Waals surface area contributed by atoms with Gasteiger partial charge in [-0.15, -0.1) is 0 Å². The predicted molar refractivity (Wildman–Crippen MR) is 67.0 cm³/mol. The third-order valence-electron chi connectivity index (χ3n) is 3.71. The summed E-state index contributed by atoms with van der Waals surface area (Å²) in [6.45, 7) is 0.247. The summed E-state index contributed by atoms with van der Waals surface area (Å²) in [7, 11) is 0. The molecule has 6 heteroatoms. The molecular formula is C14H22F4O2. The fraction of sp³-hybridized carbons (Fsp3) is 0.929. The molecule has 1 fully saturated rings. The van der Waals surface area contributed by atoms with Crippen LogP contribution in [0.2, 0.25) is 0 Å². The number of hydrogen-bond acceptors (Lipinski definition) is 2. The van der Waals surface area contributed by atoms with Crippen molar-refractivity contribution in [3.8, 4) is 0 Å². The molecule has 0 spiro atoms. The highest BCUT2D eigenvalue weighted by molar-refractivity contribution is 5.72. The zero-order chi connectivity index (χ0) is 15.2. The maximum absolute atomic E-state index is 12.9. The molecule has 0 aliphatic heterocycles. The SMILES string of the molecule is CC(F)(F)C(F)(F)CCCCOC(=O)C1CCCCC1. The van der Waals surface area contributed by atoms with E-state index in [0.717, 1.165) is 32.1 Å². The maximum atomic E-state index is 12.9. The predicted octanol–water partition coefficient (Wildman–Crippen LogP) is 4.57. The van der Waals surface area contributed by atoms with Gasteiger partial charge in [-0.2, -0.15) is 8.78 Å². The average molecular weight is 298 g/mol. The van der Waals surface area contributed by atoms with E-state index < -0.39 is 18.3 Å². The van der Waals surface area contributed by atoms with E-state index in [4.69, 9.17) is 4.74 Å². The van der Waals surface area contributed by atoms with Crippen LogP contribution in [0.15, 0.2) is 0 Å². The summed E-state index contributed by atoms with van der Waals surface area (Å²) in [6, 6.07) is 0. The maximum Gasteiger partial charge on any atom is 0.309 e. The minimum Gasteiger partial charge on any atom is -0.465 e. The van der Waals surface area contributed by atoms with Gasteiger partial charge in [-0.25, -0.2) is 8.78 Å². The van der Waals surface area contributed by atoms with Crippen molar-refractivity contribution in [2.24, 2.45) is 5.92 Å². The number of halogens is 4. The molecular weight excluding hydrogens is 276 g/mol. The second-order valence-corrected chi connectivity index (χ2v) is 5.55. The van der Waals surface area contributed by atoms with Gasteiger partial charge in [-0.1, -0.05) is 19.3 Å². The second-order valence-electron chi connectivity index (χ2n) is 5.55. The summed E-state index contributed by atoms with van der Waals surface area (Å²) in [6.07, 6.45) is 3.99. The number of carbonyl (C=O) groups is 1. The highest BCUT2D eigenvalue weighted by Crippen LogP contribution is 2.37. The molecule has 0 radical (unpaired) electrons. The molecule has 0 N–H and O–H groups in total. The van der Waals surface area contributed by atoms with Crippen molar-refractivity contribution >= 4 is 5.97 Å². The smallest absolute Gasteiger partial charge is 0.309 e. The summed E-state index contributed by atoms with van der Waals surface area (Å²) < 4.78 is 56.0. The number of alkyl halides is 4. The Balaban J connectivity index is 2.14. The van der Waals surface area contributed by atoms with E-state index in [1.165, 1.54) is 0 Å². The third-order valence-corrected chi connectivity index (χ3v) is 3.71. The van der Waals surface area contributed by atoms with Crippen LogP contribution in [0.3, 0.4) is 0 Å². The molecule has 0 atom stereocenters. The topological polar surface area (TPSA) is 26.3 Å². The molecule has 0 unspecified atom stereocenters. The largest absolute Gasteiger partial charge is 0.465 e. The van der Waals surface area contributed by atoms with Gasteiger partial charge in [0.25, 0.3) is 0 Å². The summed E-state index contributed by atoms with van der Waals surface area (Å²) in [5, 5.41) is 0. The van der Waals surface area contributed by atoms with Gasteiger partial charge >= 0.3 is 17.8 Å². The van der Waals surface area contributed by atoms with Gasteiger partial charge in [0.15, 0.2) is 0 Å². The van der Waals surface area contributed by atoms with Crippen LogP contribution >= 0.6 is 0 Å². The van der Waals surface area contributed by atoms with Crippen LogP contribution < -0.4 is 0 Å². The number of ether oxygens (including phenoxy) is 1. The van der Waals surface area contributed by atoms with Crippen molar-refractivity contribution in [3.63, 3.8) is 0 Å². The van der Waals surface area contributed by atoms with Gasteiger partial charge in [0.05, 0.1) is 12.5 Å². The Morgan fingerprint density at radius 2 is 1.70 bits per heavy atom. The summed E-state index contributed by atoms with van der Waals surface area (Å²) in [4.78, 5) is 11.6. The van der Waals surface area contributed by atoms with E-state index in [9.17, 15) is 22.4 Å². The summed E-state index contributed by atoms with van der Waals surface area (Å²) in [5.74, 6) is -8.37. The van der Waals surface area contributed by atoms with Crippen LogP contribution in [0.5, 0.6) is 0 Å². The number of unbranched alkanes of at least 4 members (excludes halogenated alkanes) is 1. The van der Waals surface area contributed by atoms with E-state index in [1.807, 2.05) is 0 Å². The molecule has 1 aliphatic rings. The van der Waals surface area contributed by atoms with Gasteiger partial charge in [0.2, 0.25) is 0 Å². The lowest BCUT2D eigenvalue weighted by molar-refractivity contribution is -0.201. The Bertz CT molecular complexity index is 307. The molecule has 0 heterocycles. The van der Waals surface area contributed by atoms with Crippen molar-refractivity contribution < 1.29 is 27.1 Å². The molecule has 0 saturated heterocycles. The highest BCUT2D eigenvalue weighted by atomic mass is 19.3. The monoisotopic (exact) mass is 298 g/mol. The molecule has 0 aromatic rings. The van der Waals surface area contributed by atoms with Gasteiger partial charge in [-0.05, 0) is 25.7 Å². The molecule has 1 aliphatic carbocycles. The Morgan fingerprint density at radius 1 is 1.10 bits per heavy atom. The van der Waals surface area contributed by atoms with E-state index >= 15 is 0 Å². The first kappa shape index (κ1) is 17.2. The molecule has 0 aromatic heterocycles. The lowest BCUT2D eigenvalue weighted by Crippen LogP contribution is -2.37. The lowest BCUT2D eigenvalue weighted by atomic mass is 9.89. The first-order valence-corrected chi connectivity index (χ1v) is 7.16. The fourth-order valence-electron chi connectivity index (χ4n) is 2.30. The summed E-state index contributed by atoms with van der Waals surface area (Å²) in [5.41, 5.74) is 0. The number of esters is 1. The van der Waals surface area contributed by atoms with Crippen LogP contribution in [-0.4, -0.2) is 24.4 Å². The van der Waals surface area contributed by atoms with Gasteiger partial charge in [0.1, 0.15) is 0 Å². The second kappa shape index (κ2) is 7.27. The van der Waals surface area contributed by atoms with Crippen LogP contribution in [0.1, 0.15) is 58.3 Å². The Labute approximate surface area is 116 Å². The van der Waals surface area contributed by atoms with E-state index in [0.29, 0.717) is 0 Å². The van der Waals surface area contributed by atoms with Gasteiger partial charge < -0.3 is 4.74 Å². The molecule has 0 aromatic carbocycles. The minimum absolute atomic E-state index is 0.0285. The van der Waals surface area contributed by atoms with Crippen molar-refractivity contribution in [2.45, 2.75) is 70.1 Å². The molecule has 1 saturated carbocycles. The van der Waals surface area contributed by atoms with Crippen LogP contribution in [-0.2, 0) is 9.53 Å². The van der Waals surface area contributed by atoms with Gasteiger partial charge in [-0.3, -0.25) is 4.79 Å². The number of rotatable bonds is 7. The van der Waals surface area contributed by atoms with Gasteiger partial charge in [0, 0.05) is 13.3 Å². The standard InChI is InChI=1S/C14H22F4O2/c1-13(15,16)14(17,18)9-5-6-10-20-12(19)11-7-3-2-4-8-11/h11H,2-10H2,1H3.